The Balaban J connectivity index is 1.21. The molecule has 1 aromatic carbocycles. The van der Waals surface area contributed by atoms with E-state index in [2.05, 4.69) is 22.0 Å². The van der Waals surface area contributed by atoms with Gasteiger partial charge in [0.05, 0.1) is 23.1 Å². The number of aromatic nitrogens is 5. The first-order valence-corrected chi connectivity index (χ1v) is 14.6. The average molecular weight is 580 g/mol. The molecule has 0 spiro atoms. The van der Waals surface area contributed by atoms with Crippen LogP contribution < -0.4 is 0 Å². The number of carbonyl (C=O) groups is 2. The van der Waals surface area contributed by atoms with Crippen molar-refractivity contribution in [1.29, 1.82) is 0 Å². The van der Waals surface area contributed by atoms with Gasteiger partial charge in [0.25, 0.3) is 0 Å². The van der Waals surface area contributed by atoms with Gasteiger partial charge < -0.3 is 0 Å². The number of hydrogen-bond acceptors (Lipinski definition) is 5. The second-order valence-corrected chi connectivity index (χ2v) is 11.7. The summed E-state index contributed by atoms with van der Waals surface area (Å²) in [6, 6.07) is 5.67. The summed E-state index contributed by atoms with van der Waals surface area (Å²) in [5.41, 5.74) is 2.81. The number of Topliss-reactive ketones (excluding diaryl/α,β-unsaturated/α-hetero) is 2. The van der Waals surface area contributed by atoms with E-state index in [9.17, 15) is 22.8 Å². The second-order valence-electron chi connectivity index (χ2n) is 11.7. The molecule has 3 heterocycles. The quantitative estimate of drug-likeness (QED) is 0.139. The average Bonchev–Trinajstić information content (AvgIpc) is 3.66. The number of alkyl halides is 3. The van der Waals surface area contributed by atoms with Gasteiger partial charge in [-0.1, -0.05) is 31.5 Å². The number of carbonyl (C=O) groups excluding carboxylic acids is 2. The van der Waals surface area contributed by atoms with Gasteiger partial charge >= 0.3 is 6.18 Å². The molecule has 0 N–H and O–H groups in total. The molecule has 1 saturated carbocycles. The summed E-state index contributed by atoms with van der Waals surface area (Å²) in [6.07, 6.45) is 8.40. The topological polar surface area (TPSA) is 82.2 Å². The fourth-order valence-corrected chi connectivity index (χ4v) is 6.12. The van der Waals surface area contributed by atoms with Gasteiger partial charge in [0.2, 0.25) is 0 Å². The SMILES string of the molecule is Cc1cc(Cc2nccn3c(-c4cn(C)nc4C(F)(F)F)cnc23)ccc1C(=O)CCCCCC(=O)[C@H]1CC[C@H](C)C1. The highest BCUT2D eigenvalue weighted by Gasteiger charge is 2.38. The highest BCUT2D eigenvalue weighted by molar-refractivity contribution is 5.97. The summed E-state index contributed by atoms with van der Waals surface area (Å²) >= 11 is 0. The Morgan fingerprint density at radius 2 is 1.86 bits per heavy atom. The van der Waals surface area contributed by atoms with Crippen LogP contribution in [0.25, 0.3) is 16.9 Å². The van der Waals surface area contributed by atoms with Crippen LogP contribution >= 0.6 is 0 Å². The predicted molar refractivity (Wildman–Crippen MR) is 153 cm³/mol. The first kappa shape index (κ1) is 29.7. The number of benzene rings is 1. The van der Waals surface area contributed by atoms with Crippen LogP contribution in [0.2, 0.25) is 0 Å². The summed E-state index contributed by atoms with van der Waals surface area (Å²) in [6.45, 7) is 4.11. The van der Waals surface area contributed by atoms with Crippen molar-refractivity contribution in [2.75, 3.05) is 0 Å². The van der Waals surface area contributed by atoms with E-state index in [1.54, 1.807) is 16.8 Å². The molecule has 2 atom stereocenters. The van der Waals surface area contributed by atoms with Gasteiger partial charge in [0.1, 0.15) is 5.78 Å². The molecule has 0 bridgehead atoms. The number of ketones is 2. The Morgan fingerprint density at radius 1 is 1.07 bits per heavy atom. The maximum absolute atomic E-state index is 13.6. The van der Waals surface area contributed by atoms with Gasteiger partial charge in [-0.3, -0.25) is 23.7 Å². The van der Waals surface area contributed by atoms with Gasteiger partial charge in [-0.15, -0.1) is 0 Å². The van der Waals surface area contributed by atoms with Crippen LogP contribution in [0.3, 0.4) is 0 Å². The fourth-order valence-electron chi connectivity index (χ4n) is 6.12. The van der Waals surface area contributed by atoms with E-state index in [-0.39, 0.29) is 23.0 Å². The number of hydrogen-bond donors (Lipinski definition) is 0. The zero-order chi connectivity index (χ0) is 30.0. The van der Waals surface area contributed by atoms with Crippen molar-refractivity contribution < 1.29 is 22.8 Å². The Labute approximate surface area is 243 Å². The van der Waals surface area contributed by atoms with Crippen molar-refractivity contribution in [3.8, 4) is 11.3 Å². The van der Waals surface area contributed by atoms with Crippen LogP contribution in [-0.4, -0.2) is 35.7 Å². The van der Waals surface area contributed by atoms with Crippen LogP contribution in [0.1, 0.15) is 91.2 Å². The van der Waals surface area contributed by atoms with E-state index in [0.717, 1.165) is 54.3 Å². The lowest BCUT2D eigenvalue weighted by Crippen LogP contribution is -2.10. The van der Waals surface area contributed by atoms with Gasteiger partial charge in [0, 0.05) is 56.4 Å². The Bertz CT molecular complexity index is 1600. The number of imidazole rings is 1. The third kappa shape index (κ3) is 6.47. The molecule has 0 aliphatic heterocycles. The second kappa shape index (κ2) is 12.2. The summed E-state index contributed by atoms with van der Waals surface area (Å²) < 4.78 is 43.5. The Kier molecular flexibility index (Phi) is 8.61. The molecular formula is C32H36F3N5O2. The van der Waals surface area contributed by atoms with Crippen molar-refractivity contribution in [2.24, 2.45) is 18.9 Å². The first-order valence-electron chi connectivity index (χ1n) is 14.6. The molecule has 42 heavy (non-hydrogen) atoms. The smallest absolute Gasteiger partial charge is 0.299 e. The largest absolute Gasteiger partial charge is 0.435 e. The minimum Gasteiger partial charge on any atom is -0.299 e. The molecule has 1 aliphatic carbocycles. The minimum absolute atomic E-state index is 0.0524. The molecule has 0 radical (unpaired) electrons. The lowest BCUT2D eigenvalue weighted by atomic mass is 9.95. The minimum atomic E-state index is -4.60. The predicted octanol–water partition coefficient (Wildman–Crippen LogP) is 7.19. The van der Waals surface area contributed by atoms with E-state index in [0.29, 0.717) is 47.9 Å². The number of halogens is 3. The first-order chi connectivity index (χ1) is 20.0. The monoisotopic (exact) mass is 579 g/mol. The van der Waals surface area contributed by atoms with Crippen LogP contribution in [-0.2, 0) is 24.4 Å². The number of fused-ring (bicyclic) bond motifs is 1. The van der Waals surface area contributed by atoms with Gasteiger partial charge in [-0.05, 0) is 56.1 Å². The van der Waals surface area contributed by atoms with Crippen molar-refractivity contribution in [3.05, 3.63) is 71.1 Å². The zero-order valence-electron chi connectivity index (χ0n) is 24.2. The van der Waals surface area contributed by atoms with Crippen LogP contribution in [0, 0.1) is 18.8 Å². The molecule has 4 aromatic rings. The van der Waals surface area contributed by atoms with Crippen molar-refractivity contribution in [2.45, 2.75) is 77.8 Å². The van der Waals surface area contributed by atoms with Crippen LogP contribution in [0.5, 0.6) is 0 Å². The van der Waals surface area contributed by atoms with E-state index in [4.69, 9.17) is 0 Å². The Hall–Kier alpha value is -3.82. The highest BCUT2D eigenvalue weighted by Crippen LogP contribution is 2.36. The van der Waals surface area contributed by atoms with Gasteiger partial charge in [0.15, 0.2) is 17.1 Å². The molecule has 5 rings (SSSR count). The Morgan fingerprint density at radius 3 is 2.57 bits per heavy atom. The summed E-state index contributed by atoms with van der Waals surface area (Å²) in [5, 5.41) is 3.61. The molecule has 0 saturated heterocycles. The molecule has 10 heteroatoms. The van der Waals surface area contributed by atoms with E-state index < -0.39 is 11.9 Å². The number of aryl methyl sites for hydroxylation is 2. The maximum atomic E-state index is 13.6. The number of unbranched alkanes of at least 4 members (excludes halogenated alkanes) is 2. The lowest BCUT2D eigenvalue weighted by Gasteiger charge is -2.10. The fraction of sp³-hybridized carbons (Fsp3) is 0.469. The highest BCUT2D eigenvalue weighted by atomic mass is 19.4. The van der Waals surface area contributed by atoms with E-state index >= 15 is 0 Å². The van der Waals surface area contributed by atoms with Crippen molar-refractivity contribution in [3.63, 3.8) is 0 Å². The molecule has 7 nitrogen and oxygen atoms in total. The van der Waals surface area contributed by atoms with Crippen LogP contribution in [0.4, 0.5) is 13.2 Å². The summed E-state index contributed by atoms with van der Waals surface area (Å²) in [7, 11) is 1.45. The third-order valence-corrected chi connectivity index (χ3v) is 8.31. The molecular weight excluding hydrogens is 543 g/mol. The summed E-state index contributed by atoms with van der Waals surface area (Å²) in [4.78, 5) is 34.1. The van der Waals surface area contributed by atoms with Gasteiger partial charge in [-0.25, -0.2) is 4.98 Å². The number of nitrogens with zero attached hydrogens (tertiary/aromatic N) is 5. The number of rotatable bonds is 11. The molecule has 0 unspecified atom stereocenters. The zero-order valence-corrected chi connectivity index (χ0v) is 24.2. The van der Waals surface area contributed by atoms with Crippen molar-refractivity contribution >= 4 is 17.2 Å². The standard InChI is InChI=1S/C32H36F3N5O2/c1-20-9-11-23(15-20)28(41)7-5-4-6-8-29(42)24-12-10-22(16-21(24)2)17-26-31-37-18-27(40(31)14-13-36-26)25-19-39(3)38-30(25)32(33,34)35/h10,12-14,16,18-20,23H,4-9,11,15,17H2,1-3H3/t20-,23-/m0/s1. The molecule has 222 valence electrons. The third-order valence-electron chi connectivity index (χ3n) is 8.31. The van der Waals surface area contributed by atoms with Crippen LogP contribution in [0.15, 0.2) is 43.0 Å². The lowest BCUT2D eigenvalue weighted by molar-refractivity contribution is -0.141. The van der Waals surface area contributed by atoms with Crippen molar-refractivity contribution in [1.82, 2.24) is 24.1 Å². The molecule has 3 aromatic heterocycles. The summed E-state index contributed by atoms with van der Waals surface area (Å²) in [5.74, 6) is 1.37. The van der Waals surface area contributed by atoms with E-state index in [1.807, 2.05) is 25.1 Å². The normalized spacial score (nSPS) is 17.3. The molecule has 1 fully saturated rings. The molecule has 0 amide bonds. The maximum Gasteiger partial charge on any atom is 0.435 e. The van der Waals surface area contributed by atoms with Gasteiger partial charge in [-0.2, -0.15) is 18.3 Å². The van der Waals surface area contributed by atoms with E-state index in [1.165, 1.54) is 19.4 Å². The molecule has 1 aliphatic rings.